The van der Waals surface area contributed by atoms with E-state index < -0.39 is 29.3 Å². The SMILES string of the molecule is COC(=O)c1ccc(-c2csc(NC(=O)Nc3c(F)cccc3F)n2)cc1. The van der Waals surface area contributed by atoms with Crippen LogP contribution in [-0.2, 0) is 4.74 Å². The third kappa shape index (κ3) is 4.26. The Bertz CT molecular complexity index is 970. The lowest BCUT2D eigenvalue weighted by molar-refractivity contribution is 0.0600. The summed E-state index contributed by atoms with van der Waals surface area (Å²) in [4.78, 5) is 27.6. The lowest BCUT2D eigenvalue weighted by Gasteiger charge is -2.07. The monoisotopic (exact) mass is 389 g/mol. The molecule has 0 bridgehead atoms. The molecule has 2 N–H and O–H groups in total. The van der Waals surface area contributed by atoms with Gasteiger partial charge in [-0.2, -0.15) is 0 Å². The number of ether oxygens (including phenoxy) is 1. The number of esters is 1. The summed E-state index contributed by atoms with van der Waals surface area (Å²) >= 11 is 1.14. The van der Waals surface area contributed by atoms with E-state index in [1.807, 2.05) is 0 Å². The molecule has 0 aliphatic rings. The lowest BCUT2D eigenvalue weighted by Crippen LogP contribution is -2.20. The van der Waals surface area contributed by atoms with Gasteiger partial charge in [0.2, 0.25) is 0 Å². The highest BCUT2D eigenvalue weighted by molar-refractivity contribution is 7.14. The van der Waals surface area contributed by atoms with Crippen molar-refractivity contribution in [1.29, 1.82) is 0 Å². The number of aromatic nitrogens is 1. The highest BCUT2D eigenvalue weighted by atomic mass is 32.1. The number of carbonyl (C=O) groups is 2. The molecule has 1 heterocycles. The van der Waals surface area contributed by atoms with Crippen molar-refractivity contribution in [3.63, 3.8) is 0 Å². The molecule has 0 aliphatic heterocycles. The fourth-order valence-corrected chi connectivity index (χ4v) is 2.93. The summed E-state index contributed by atoms with van der Waals surface area (Å²) in [6.07, 6.45) is 0. The van der Waals surface area contributed by atoms with Crippen LogP contribution in [0.1, 0.15) is 10.4 Å². The van der Waals surface area contributed by atoms with Gasteiger partial charge in [0.15, 0.2) is 5.13 Å². The van der Waals surface area contributed by atoms with Gasteiger partial charge in [-0.05, 0) is 24.3 Å². The van der Waals surface area contributed by atoms with Gasteiger partial charge >= 0.3 is 12.0 Å². The minimum atomic E-state index is -0.879. The van der Waals surface area contributed by atoms with Crippen molar-refractivity contribution in [2.24, 2.45) is 0 Å². The van der Waals surface area contributed by atoms with Crippen molar-refractivity contribution < 1.29 is 23.1 Å². The number of hydrogen-bond acceptors (Lipinski definition) is 5. The predicted octanol–water partition coefficient (Wildman–Crippen LogP) is 4.52. The molecule has 6 nitrogen and oxygen atoms in total. The Morgan fingerprint density at radius 3 is 2.33 bits per heavy atom. The van der Waals surface area contributed by atoms with Crippen molar-refractivity contribution in [2.45, 2.75) is 0 Å². The van der Waals surface area contributed by atoms with Gasteiger partial charge in [0, 0.05) is 10.9 Å². The van der Waals surface area contributed by atoms with Gasteiger partial charge in [0.1, 0.15) is 17.3 Å². The Kier molecular flexibility index (Phi) is 5.41. The van der Waals surface area contributed by atoms with Crippen LogP contribution in [-0.4, -0.2) is 24.1 Å². The van der Waals surface area contributed by atoms with Crippen LogP contribution >= 0.6 is 11.3 Å². The van der Waals surface area contributed by atoms with E-state index in [1.54, 1.807) is 29.6 Å². The number of methoxy groups -OCH3 is 1. The Balaban J connectivity index is 1.69. The number of carbonyl (C=O) groups excluding carboxylic acids is 2. The molecule has 27 heavy (non-hydrogen) atoms. The molecule has 0 aliphatic carbocycles. The Morgan fingerprint density at radius 1 is 1.04 bits per heavy atom. The molecule has 0 saturated heterocycles. The van der Waals surface area contributed by atoms with Crippen LogP contribution in [0, 0.1) is 11.6 Å². The number of anilines is 2. The molecule has 0 radical (unpaired) electrons. The summed E-state index contributed by atoms with van der Waals surface area (Å²) in [5.41, 5.74) is 1.17. The van der Waals surface area contributed by atoms with Gasteiger partial charge in [0.05, 0.1) is 18.4 Å². The average Bonchev–Trinajstić information content (AvgIpc) is 3.12. The number of hydrogen-bond donors (Lipinski definition) is 2. The molecule has 0 fully saturated rings. The Morgan fingerprint density at radius 2 is 1.70 bits per heavy atom. The number of benzene rings is 2. The van der Waals surface area contributed by atoms with Crippen LogP contribution in [0.2, 0.25) is 0 Å². The number of nitrogens with one attached hydrogen (secondary N) is 2. The summed E-state index contributed by atoms with van der Waals surface area (Å²) in [7, 11) is 1.30. The quantitative estimate of drug-likeness (QED) is 0.643. The fraction of sp³-hybridized carbons (Fsp3) is 0.0556. The lowest BCUT2D eigenvalue weighted by atomic mass is 10.1. The summed E-state index contributed by atoms with van der Waals surface area (Å²) < 4.78 is 31.8. The van der Waals surface area contributed by atoms with Crippen LogP contribution in [0.25, 0.3) is 11.3 Å². The van der Waals surface area contributed by atoms with E-state index in [9.17, 15) is 18.4 Å². The van der Waals surface area contributed by atoms with Gasteiger partial charge in [0.25, 0.3) is 0 Å². The standard InChI is InChI=1S/C18H13F2N3O3S/c1-26-16(24)11-7-5-10(6-8-11)14-9-27-18(21-14)23-17(25)22-15-12(19)3-2-4-13(15)20/h2-9H,1H3,(H2,21,22,23,25). The maximum atomic E-state index is 13.6. The van der Waals surface area contributed by atoms with E-state index in [0.29, 0.717) is 11.3 Å². The molecule has 0 spiro atoms. The number of urea groups is 1. The van der Waals surface area contributed by atoms with Crippen LogP contribution in [0.3, 0.4) is 0 Å². The van der Waals surface area contributed by atoms with Gasteiger partial charge in [-0.25, -0.2) is 23.4 Å². The topological polar surface area (TPSA) is 80.3 Å². The van der Waals surface area contributed by atoms with Crippen LogP contribution < -0.4 is 10.6 Å². The molecule has 0 saturated carbocycles. The summed E-state index contributed by atoms with van der Waals surface area (Å²) in [5, 5.41) is 6.49. The maximum absolute atomic E-state index is 13.6. The van der Waals surface area contributed by atoms with Crippen molar-refractivity contribution in [1.82, 2.24) is 4.98 Å². The predicted molar refractivity (Wildman–Crippen MR) is 97.9 cm³/mol. The molecule has 2 amide bonds. The van der Waals surface area contributed by atoms with Crippen LogP contribution in [0.5, 0.6) is 0 Å². The molecule has 138 valence electrons. The molecule has 9 heteroatoms. The first-order valence-corrected chi connectivity index (χ1v) is 8.52. The summed E-state index contributed by atoms with van der Waals surface area (Å²) in [6.45, 7) is 0. The highest BCUT2D eigenvalue weighted by Crippen LogP contribution is 2.26. The number of amides is 2. The third-order valence-electron chi connectivity index (χ3n) is 3.53. The van der Waals surface area contributed by atoms with Crippen molar-refractivity contribution in [2.75, 3.05) is 17.7 Å². The maximum Gasteiger partial charge on any atom is 0.337 e. The van der Waals surface area contributed by atoms with Gasteiger partial charge in [-0.3, -0.25) is 5.32 Å². The number of rotatable bonds is 4. The summed E-state index contributed by atoms with van der Waals surface area (Å²) in [5.74, 6) is -2.20. The van der Waals surface area contributed by atoms with Crippen LogP contribution in [0.4, 0.5) is 24.4 Å². The second-order valence-corrected chi connectivity index (χ2v) is 6.14. The molecule has 3 aromatic rings. The average molecular weight is 389 g/mol. The zero-order valence-electron chi connectivity index (χ0n) is 14.0. The molecule has 0 atom stereocenters. The van der Waals surface area contributed by atoms with Crippen molar-refractivity contribution in [3.8, 4) is 11.3 Å². The molecular weight excluding hydrogens is 376 g/mol. The zero-order valence-corrected chi connectivity index (χ0v) is 14.8. The fourth-order valence-electron chi connectivity index (χ4n) is 2.22. The van der Waals surface area contributed by atoms with Gasteiger partial charge < -0.3 is 10.1 Å². The van der Waals surface area contributed by atoms with Gasteiger partial charge in [-0.15, -0.1) is 11.3 Å². The Labute approximate surface area is 156 Å². The molecule has 3 rings (SSSR count). The number of para-hydroxylation sites is 1. The Hall–Kier alpha value is -3.33. The smallest absolute Gasteiger partial charge is 0.337 e. The van der Waals surface area contributed by atoms with Gasteiger partial charge in [-0.1, -0.05) is 18.2 Å². The molecule has 2 aromatic carbocycles. The largest absolute Gasteiger partial charge is 0.465 e. The van der Waals surface area contributed by atoms with Crippen molar-refractivity contribution >= 4 is 34.2 Å². The first-order valence-electron chi connectivity index (χ1n) is 7.64. The minimum Gasteiger partial charge on any atom is -0.465 e. The van der Waals surface area contributed by atoms with Crippen molar-refractivity contribution in [3.05, 3.63) is 65.0 Å². The highest BCUT2D eigenvalue weighted by Gasteiger charge is 2.14. The molecule has 1 aromatic heterocycles. The number of halogens is 2. The van der Waals surface area contributed by atoms with Crippen LogP contribution in [0.15, 0.2) is 47.8 Å². The van der Waals surface area contributed by atoms with E-state index in [2.05, 4.69) is 20.4 Å². The normalized spacial score (nSPS) is 10.3. The first kappa shape index (κ1) is 18.5. The minimum absolute atomic E-state index is 0.247. The van der Waals surface area contributed by atoms with E-state index in [1.165, 1.54) is 13.2 Å². The van der Waals surface area contributed by atoms with E-state index in [0.717, 1.165) is 29.0 Å². The second-order valence-electron chi connectivity index (χ2n) is 5.28. The van der Waals surface area contributed by atoms with E-state index in [4.69, 9.17) is 0 Å². The van der Waals surface area contributed by atoms with E-state index in [-0.39, 0.29) is 5.13 Å². The number of thiazole rings is 1. The number of nitrogens with zero attached hydrogens (tertiary/aromatic N) is 1. The summed E-state index contributed by atoms with van der Waals surface area (Å²) in [6, 6.07) is 9.05. The third-order valence-corrected chi connectivity index (χ3v) is 4.29. The zero-order chi connectivity index (χ0) is 19.4. The second kappa shape index (κ2) is 7.92. The first-order chi connectivity index (χ1) is 13.0. The van der Waals surface area contributed by atoms with E-state index >= 15 is 0 Å². The molecule has 0 unspecified atom stereocenters. The molecular formula is C18H13F2N3O3S.